The molecule has 5 heteroatoms. The van der Waals surface area contributed by atoms with E-state index in [1.54, 1.807) is 12.5 Å². The molecule has 1 saturated heterocycles. The molecular formula is C20H20N2O3. The molecule has 4 heterocycles. The first-order chi connectivity index (χ1) is 12.2. The summed E-state index contributed by atoms with van der Waals surface area (Å²) in [6, 6.07) is 10.5. The van der Waals surface area contributed by atoms with Crippen molar-refractivity contribution >= 4 is 11.7 Å². The normalized spacial score (nSPS) is 32.2. The number of benzene rings is 1. The Morgan fingerprint density at radius 2 is 2.20 bits per heavy atom. The van der Waals surface area contributed by atoms with Gasteiger partial charge in [-0.25, -0.2) is 4.79 Å². The number of rotatable bonds is 2. The van der Waals surface area contributed by atoms with Crippen molar-refractivity contribution in [3.05, 3.63) is 65.3 Å². The first-order valence-electron chi connectivity index (χ1n) is 8.66. The molecule has 1 fully saturated rings. The summed E-state index contributed by atoms with van der Waals surface area (Å²) in [5.41, 5.74) is 4.92. The second-order valence-electron chi connectivity index (χ2n) is 7.05. The SMILES string of the molecule is COC(=O)C1=C2Nc3ccccc3[C@]23CCN(C1c1ccoc1)[C@@H]3C. The highest BCUT2D eigenvalue weighted by Crippen LogP contribution is 2.60. The van der Waals surface area contributed by atoms with Crippen LogP contribution in [0.15, 0.2) is 58.5 Å². The molecule has 0 aliphatic carbocycles. The van der Waals surface area contributed by atoms with Crippen LogP contribution >= 0.6 is 0 Å². The number of esters is 1. The van der Waals surface area contributed by atoms with Gasteiger partial charge in [0.1, 0.15) is 0 Å². The Bertz CT molecular complexity index is 886. The Hall–Kier alpha value is -2.53. The van der Waals surface area contributed by atoms with E-state index < -0.39 is 0 Å². The van der Waals surface area contributed by atoms with Gasteiger partial charge in [0, 0.05) is 29.5 Å². The number of nitrogens with one attached hydrogen (secondary N) is 1. The van der Waals surface area contributed by atoms with Gasteiger partial charge in [0.15, 0.2) is 0 Å². The lowest BCUT2D eigenvalue weighted by Crippen LogP contribution is -2.49. The van der Waals surface area contributed by atoms with Gasteiger partial charge in [0.25, 0.3) is 0 Å². The number of hydrogen-bond acceptors (Lipinski definition) is 5. The van der Waals surface area contributed by atoms with Gasteiger partial charge in [-0.15, -0.1) is 0 Å². The lowest BCUT2D eigenvalue weighted by Gasteiger charge is -2.43. The van der Waals surface area contributed by atoms with Crippen molar-refractivity contribution in [2.24, 2.45) is 0 Å². The van der Waals surface area contributed by atoms with Gasteiger partial charge in [0.05, 0.1) is 36.7 Å². The molecule has 2 aromatic rings. The van der Waals surface area contributed by atoms with Crippen LogP contribution in [0.1, 0.15) is 30.5 Å². The van der Waals surface area contributed by atoms with E-state index >= 15 is 0 Å². The van der Waals surface area contributed by atoms with Crippen molar-refractivity contribution in [3.63, 3.8) is 0 Å². The zero-order valence-electron chi connectivity index (χ0n) is 14.3. The molecule has 0 saturated carbocycles. The molecule has 2 unspecified atom stereocenters. The molecule has 1 spiro atoms. The van der Waals surface area contributed by atoms with E-state index in [4.69, 9.17) is 9.15 Å². The molecule has 25 heavy (non-hydrogen) atoms. The Morgan fingerprint density at radius 3 is 2.96 bits per heavy atom. The van der Waals surface area contributed by atoms with E-state index in [0.29, 0.717) is 5.57 Å². The van der Waals surface area contributed by atoms with Crippen molar-refractivity contribution in [2.75, 3.05) is 19.0 Å². The highest BCUT2D eigenvalue weighted by molar-refractivity contribution is 5.94. The van der Waals surface area contributed by atoms with Gasteiger partial charge in [-0.05, 0) is 31.0 Å². The maximum absolute atomic E-state index is 12.8. The smallest absolute Gasteiger partial charge is 0.337 e. The van der Waals surface area contributed by atoms with Crippen molar-refractivity contribution in [2.45, 2.75) is 30.8 Å². The molecule has 2 bridgehead atoms. The minimum absolute atomic E-state index is 0.145. The molecular weight excluding hydrogens is 316 g/mol. The van der Waals surface area contributed by atoms with Crippen LogP contribution in [0.25, 0.3) is 0 Å². The molecule has 5 rings (SSSR count). The van der Waals surface area contributed by atoms with Gasteiger partial charge in [-0.1, -0.05) is 18.2 Å². The van der Waals surface area contributed by atoms with E-state index in [2.05, 4.69) is 35.3 Å². The zero-order valence-corrected chi connectivity index (χ0v) is 14.3. The predicted octanol–water partition coefficient (Wildman–Crippen LogP) is 3.22. The number of nitrogens with zero attached hydrogens (tertiary/aromatic N) is 1. The molecule has 4 atom stereocenters. The lowest BCUT2D eigenvalue weighted by molar-refractivity contribution is -0.137. The van der Waals surface area contributed by atoms with Crippen molar-refractivity contribution in [1.82, 2.24) is 4.90 Å². The summed E-state index contributed by atoms with van der Waals surface area (Å²) >= 11 is 0. The van der Waals surface area contributed by atoms with Crippen LogP contribution in [0.2, 0.25) is 0 Å². The molecule has 5 nitrogen and oxygen atoms in total. The number of ether oxygens (including phenoxy) is 1. The second-order valence-corrected chi connectivity index (χ2v) is 7.05. The number of fused-ring (bicyclic) bond motifs is 2. The number of methoxy groups -OCH3 is 1. The van der Waals surface area contributed by atoms with Crippen LogP contribution in [0.4, 0.5) is 5.69 Å². The number of furan rings is 1. The number of anilines is 1. The summed E-state index contributed by atoms with van der Waals surface area (Å²) in [7, 11) is 1.45. The molecule has 128 valence electrons. The first-order valence-corrected chi connectivity index (χ1v) is 8.66. The highest BCUT2D eigenvalue weighted by Gasteiger charge is 2.60. The highest BCUT2D eigenvalue weighted by atomic mass is 16.5. The fourth-order valence-electron chi connectivity index (χ4n) is 5.12. The van der Waals surface area contributed by atoms with Gasteiger partial charge < -0.3 is 14.5 Å². The quantitative estimate of drug-likeness (QED) is 0.854. The summed E-state index contributed by atoms with van der Waals surface area (Å²) < 4.78 is 10.5. The summed E-state index contributed by atoms with van der Waals surface area (Å²) in [5, 5.41) is 3.56. The first kappa shape index (κ1) is 14.8. The minimum Gasteiger partial charge on any atom is -0.472 e. The molecule has 0 radical (unpaired) electrons. The third-order valence-electron chi connectivity index (χ3n) is 6.23. The predicted molar refractivity (Wildman–Crippen MR) is 93.0 cm³/mol. The Balaban J connectivity index is 1.81. The van der Waals surface area contributed by atoms with Crippen molar-refractivity contribution in [1.29, 1.82) is 0 Å². The molecule has 1 aromatic carbocycles. The summed E-state index contributed by atoms with van der Waals surface area (Å²) in [6.45, 7) is 3.19. The fraction of sp³-hybridized carbons (Fsp3) is 0.350. The third-order valence-corrected chi connectivity index (χ3v) is 6.23. The Morgan fingerprint density at radius 1 is 1.36 bits per heavy atom. The standard InChI is InChI=1S/C20H20N2O3/c1-12-20-8-9-22(12)17(13-7-10-25-11-13)16(19(23)24-2)18(20)21-15-6-4-3-5-14(15)20/h3-7,10-12,17,21H,8-9H2,1-2H3/t12-,17?,20-/m1/s1. The van der Waals surface area contributed by atoms with Crippen LogP contribution in [-0.4, -0.2) is 30.6 Å². The van der Waals surface area contributed by atoms with Crippen LogP contribution in [0.5, 0.6) is 0 Å². The van der Waals surface area contributed by atoms with Crippen LogP contribution in [-0.2, 0) is 14.9 Å². The minimum atomic E-state index is -0.273. The molecule has 3 aliphatic heterocycles. The maximum atomic E-state index is 12.8. The number of carbonyl (C=O) groups is 1. The van der Waals surface area contributed by atoms with Crippen molar-refractivity contribution < 1.29 is 13.9 Å². The average Bonchev–Trinajstić information content (AvgIpc) is 3.32. The molecule has 3 aliphatic rings. The monoisotopic (exact) mass is 336 g/mol. The summed E-state index contributed by atoms with van der Waals surface area (Å²) in [5.74, 6) is -0.273. The fourth-order valence-corrected chi connectivity index (χ4v) is 5.12. The number of hydrogen-bond donors (Lipinski definition) is 1. The lowest BCUT2D eigenvalue weighted by atomic mass is 9.69. The van der Waals surface area contributed by atoms with E-state index in [9.17, 15) is 4.79 Å². The third kappa shape index (κ3) is 1.69. The van der Waals surface area contributed by atoms with E-state index in [0.717, 1.165) is 29.9 Å². The summed E-state index contributed by atoms with van der Waals surface area (Å²) in [6.07, 6.45) is 4.38. The van der Waals surface area contributed by atoms with Crippen molar-refractivity contribution in [3.8, 4) is 0 Å². The molecule has 1 N–H and O–H groups in total. The molecule has 0 amide bonds. The van der Waals surface area contributed by atoms with Crippen LogP contribution < -0.4 is 5.32 Å². The van der Waals surface area contributed by atoms with Gasteiger partial charge >= 0.3 is 5.97 Å². The average molecular weight is 336 g/mol. The van der Waals surface area contributed by atoms with E-state index in [1.165, 1.54) is 12.7 Å². The largest absolute Gasteiger partial charge is 0.472 e. The summed E-state index contributed by atoms with van der Waals surface area (Å²) in [4.78, 5) is 15.2. The second kappa shape index (κ2) is 4.99. The van der Waals surface area contributed by atoms with Gasteiger partial charge in [-0.3, -0.25) is 4.90 Å². The van der Waals surface area contributed by atoms with E-state index in [-0.39, 0.29) is 23.5 Å². The Kier molecular flexibility index (Phi) is 2.95. The van der Waals surface area contributed by atoms with Crippen LogP contribution in [0.3, 0.4) is 0 Å². The zero-order chi connectivity index (χ0) is 17.2. The number of para-hydroxylation sites is 1. The van der Waals surface area contributed by atoms with E-state index in [1.807, 2.05) is 12.1 Å². The van der Waals surface area contributed by atoms with Crippen LogP contribution in [0, 0.1) is 0 Å². The Labute approximate surface area is 146 Å². The molecule has 1 aromatic heterocycles. The topological polar surface area (TPSA) is 54.7 Å². The number of carbonyl (C=O) groups excluding carboxylic acids is 1. The van der Waals surface area contributed by atoms with Gasteiger partial charge in [-0.2, -0.15) is 0 Å². The van der Waals surface area contributed by atoms with Gasteiger partial charge in [0.2, 0.25) is 0 Å². The maximum Gasteiger partial charge on any atom is 0.337 e.